The van der Waals surface area contributed by atoms with Gasteiger partial charge >= 0.3 is 0 Å². The summed E-state index contributed by atoms with van der Waals surface area (Å²) in [5, 5.41) is 7.29. The number of fused-ring (bicyclic) bond motifs is 1. The second kappa shape index (κ2) is 8.09. The molecule has 31 heavy (non-hydrogen) atoms. The first-order valence-corrected chi connectivity index (χ1v) is 11.0. The van der Waals surface area contributed by atoms with Crippen molar-refractivity contribution in [3.63, 3.8) is 0 Å². The Kier molecular flexibility index (Phi) is 5.13. The zero-order chi connectivity index (χ0) is 21.4. The van der Waals surface area contributed by atoms with E-state index >= 15 is 0 Å². The van der Waals surface area contributed by atoms with Crippen LogP contribution in [0.15, 0.2) is 36.8 Å². The highest BCUT2D eigenvalue weighted by atomic mass is 16.1. The van der Waals surface area contributed by atoms with Crippen molar-refractivity contribution in [2.45, 2.75) is 57.2 Å². The van der Waals surface area contributed by atoms with Crippen molar-refractivity contribution in [3.05, 3.63) is 36.8 Å². The molecule has 0 spiro atoms. The van der Waals surface area contributed by atoms with Crippen molar-refractivity contribution in [3.8, 4) is 22.8 Å². The molecular weight excluding hydrogens is 390 g/mol. The average Bonchev–Trinajstić information content (AvgIpc) is 3.51. The monoisotopic (exact) mass is 417 g/mol. The summed E-state index contributed by atoms with van der Waals surface area (Å²) in [5.74, 6) is 1.53. The number of nitrogens with zero attached hydrogens (tertiary/aromatic N) is 6. The van der Waals surface area contributed by atoms with E-state index in [1.165, 1.54) is 12.8 Å². The van der Waals surface area contributed by atoms with Crippen LogP contribution in [0.4, 0.5) is 11.5 Å². The number of aldehydes is 1. The van der Waals surface area contributed by atoms with E-state index < -0.39 is 0 Å². The fraction of sp³-hybridized carbons (Fsp3) is 0.435. The molecule has 1 aliphatic heterocycles. The highest BCUT2D eigenvalue weighted by Crippen LogP contribution is 2.42. The van der Waals surface area contributed by atoms with Gasteiger partial charge in [0.2, 0.25) is 0 Å². The quantitative estimate of drug-likeness (QED) is 0.636. The van der Waals surface area contributed by atoms with Gasteiger partial charge in [-0.05, 0) is 31.4 Å². The van der Waals surface area contributed by atoms with Gasteiger partial charge in [-0.25, -0.2) is 9.97 Å². The number of anilines is 2. The molecule has 0 amide bonds. The molecule has 1 N–H and O–H groups in total. The molecule has 0 radical (unpaired) electrons. The van der Waals surface area contributed by atoms with Crippen molar-refractivity contribution in [1.82, 2.24) is 25.1 Å². The topological polar surface area (TPSA) is 90.9 Å². The number of aromatic nitrogens is 5. The third kappa shape index (κ3) is 3.26. The van der Waals surface area contributed by atoms with Gasteiger partial charge in [-0.15, -0.1) is 0 Å². The van der Waals surface area contributed by atoms with Gasteiger partial charge in [0, 0.05) is 19.3 Å². The number of hydrogen-bond donors (Lipinski definition) is 1. The number of rotatable bonds is 5. The molecule has 8 nitrogen and oxygen atoms in total. The highest BCUT2D eigenvalue weighted by Gasteiger charge is 2.41. The molecule has 0 bridgehead atoms. The number of nitrogens with one attached hydrogen (secondary N) is 1. The van der Waals surface area contributed by atoms with Crippen molar-refractivity contribution in [1.29, 1.82) is 0 Å². The van der Waals surface area contributed by atoms with E-state index in [4.69, 9.17) is 4.98 Å². The number of likely N-dealkylation sites (N-methyl/N-ethyl adjacent to an activating group) is 1. The molecule has 2 atom stereocenters. The Bertz CT molecular complexity index is 1060. The molecule has 2 aliphatic rings. The van der Waals surface area contributed by atoms with E-state index in [9.17, 15) is 4.79 Å². The summed E-state index contributed by atoms with van der Waals surface area (Å²) in [4.78, 5) is 30.6. The Morgan fingerprint density at radius 2 is 2.03 bits per heavy atom. The second-order valence-electron chi connectivity index (χ2n) is 8.33. The minimum Gasteiger partial charge on any atom is -0.359 e. The van der Waals surface area contributed by atoms with Crippen molar-refractivity contribution in [2.24, 2.45) is 0 Å². The number of hydrogen-bond acceptors (Lipinski definition) is 7. The summed E-state index contributed by atoms with van der Waals surface area (Å²) in [6.45, 7) is 2.15. The van der Waals surface area contributed by atoms with E-state index in [0.29, 0.717) is 11.9 Å². The highest BCUT2D eigenvalue weighted by molar-refractivity contribution is 5.81. The van der Waals surface area contributed by atoms with Crippen LogP contribution >= 0.6 is 0 Å². The van der Waals surface area contributed by atoms with E-state index in [2.05, 4.69) is 32.0 Å². The first-order chi connectivity index (χ1) is 15.2. The molecule has 2 unspecified atom stereocenters. The van der Waals surface area contributed by atoms with Gasteiger partial charge < -0.3 is 14.6 Å². The molecule has 3 aromatic rings. The number of carbonyl (C=O) groups is 1. The van der Waals surface area contributed by atoms with Gasteiger partial charge in [-0.1, -0.05) is 25.8 Å². The van der Waals surface area contributed by atoms with E-state index in [1.807, 2.05) is 36.3 Å². The minimum absolute atomic E-state index is 0.0976. The third-order valence-electron chi connectivity index (χ3n) is 6.65. The second-order valence-corrected chi connectivity index (χ2v) is 8.33. The van der Waals surface area contributed by atoms with Crippen molar-refractivity contribution in [2.75, 3.05) is 16.8 Å². The van der Waals surface area contributed by atoms with Gasteiger partial charge in [-0.2, -0.15) is 5.10 Å². The van der Waals surface area contributed by atoms with Crippen LogP contribution in [0.1, 0.15) is 39.0 Å². The van der Waals surface area contributed by atoms with Crippen molar-refractivity contribution < 1.29 is 4.79 Å². The lowest BCUT2D eigenvalue weighted by molar-refractivity contribution is -0.109. The number of pyridine rings is 1. The lowest BCUT2D eigenvalue weighted by Gasteiger charge is -2.48. The molecule has 1 saturated carbocycles. The Labute approximate surface area is 181 Å². The Morgan fingerprint density at radius 1 is 1.19 bits per heavy atom. The van der Waals surface area contributed by atoms with Gasteiger partial charge in [-0.3, -0.25) is 10.1 Å². The summed E-state index contributed by atoms with van der Waals surface area (Å²) in [7, 11) is 1.97. The molecule has 5 rings (SSSR count). The maximum atomic E-state index is 12.0. The maximum absolute atomic E-state index is 12.0. The third-order valence-corrected chi connectivity index (χ3v) is 6.65. The molecule has 1 fully saturated rings. The normalized spacial score (nSPS) is 21.4. The number of aromatic amines is 1. The predicted molar refractivity (Wildman–Crippen MR) is 120 cm³/mol. The molecule has 0 aromatic carbocycles. The van der Waals surface area contributed by atoms with Crippen LogP contribution in [0, 0.1) is 0 Å². The van der Waals surface area contributed by atoms with Gasteiger partial charge in [0.1, 0.15) is 12.3 Å². The SMILES string of the molecule is CCC1C(C=O)N(C)c2cnc(-c3cn[nH]c3-c3ccccn3)nc2N1C1CCCC1. The molecular formula is C23H27N7O. The lowest BCUT2D eigenvalue weighted by Crippen LogP contribution is -2.58. The van der Waals surface area contributed by atoms with E-state index in [0.717, 1.165) is 54.0 Å². The Hall–Kier alpha value is -3.29. The molecule has 4 heterocycles. The summed E-state index contributed by atoms with van der Waals surface area (Å²) >= 11 is 0. The predicted octanol–water partition coefficient (Wildman–Crippen LogP) is 3.47. The van der Waals surface area contributed by atoms with Crippen LogP contribution < -0.4 is 9.80 Å². The zero-order valence-corrected chi connectivity index (χ0v) is 17.9. The smallest absolute Gasteiger partial charge is 0.165 e. The van der Waals surface area contributed by atoms with Crippen molar-refractivity contribution >= 4 is 17.8 Å². The fourth-order valence-corrected chi connectivity index (χ4v) is 5.08. The molecule has 160 valence electrons. The van der Waals surface area contributed by atoms with E-state index in [-0.39, 0.29) is 12.1 Å². The van der Waals surface area contributed by atoms with Gasteiger partial charge in [0.05, 0.1) is 41.1 Å². The van der Waals surface area contributed by atoms with Crippen LogP contribution in [0.5, 0.6) is 0 Å². The molecule has 8 heteroatoms. The number of carbonyl (C=O) groups excluding carboxylic acids is 1. The van der Waals surface area contributed by atoms with Crippen LogP contribution in [0.3, 0.4) is 0 Å². The molecule has 1 aliphatic carbocycles. The lowest BCUT2D eigenvalue weighted by atomic mass is 9.96. The summed E-state index contributed by atoms with van der Waals surface area (Å²) in [5.41, 5.74) is 3.32. The van der Waals surface area contributed by atoms with Crippen LogP contribution in [-0.2, 0) is 4.79 Å². The maximum Gasteiger partial charge on any atom is 0.165 e. The summed E-state index contributed by atoms with van der Waals surface area (Å²) in [6.07, 6.45) is 12.0. The standard InChI is InChI=1S/C23H27N7O/c1-3-18-20(14-31)29(2)19-13-25-22(27-23(19)30(18)15-8-4-5-9-15)16-12-26-28-21(16)17-10-6-7-11-24-17/h6-7,10-15,18,20H,3-5,8-9H2,1-2H3,(H,26,28). The minimum atomic E-state index is -0.203. The summed E-state index contributed by atoms with van der Waals surface area (Å²) in [6, 6.07) is 6.07. The molecule has 3 aromatic heterocycles. The van der Waals surface area contributed by atoms with E-state index in [1.54, 1.807) is 12.4 Å². The van der Waals surface area contributed by atoms with Gasteiger partial charge in [0.15, 0.2) is 11.6 Å². The van der Waals surface area contributed by atoms with Gasteiger partial charge in [0.25, 0.3) is 0 Å². The first-order valence-electron chi connectivity index (χ1n) is 11.0. The van der Waals surface area contributed by atoms with Crippen LogP contribution in [-0.4, -0.2) is 56.6 Å². The van der Waals surface area contributed by atoms with Crippen LogP contribution in [0.25, 0.3) is 22.8 Å². The fourth-order valence-electron chi connectivity index (χ4n) is 5.08. The first kappa shape index (κ1) is 19.7. The Balaban J connectivity index is 1.63. The largest absolute Gasteiger partial charge is 0.359 e. The summed E-state index contributed by atoms with van der Waals surface area (Å²) < 4.78 is 0. The Morgan fingerprint density at radius 3 is 2.74 bits per heavy atom. The number of H-pyrrole nitrogens is 1. The average molecular weight is 418 g/mol. The van der Waals surface area contributed by atoms with Crippen LogP contribution in [0.2, 0.25) is 0 Å². The zero-order valence-electron chi connectivity index (χ0n) is 17.9. The molecule has 0 saturated heterocycles.